The van der Waals surface area contributed by atoms with Crippen molar-refractivity contribution in [3.63, 3.8) is 0 Å². The lowest BCUT2D eigenvalue weighted by molar-refractivity contribution is 0.0728. The molecule has 0 fully saturated rings. The molecule has 230 valence electrons. The number of benzene rings is 4. The van der Waals surface area contributed by atoms with E-state index in [0.29, 0.717) is 62.9 Å². The van der Waals surface area contributed by atoms with Crippen molar-refractivity contribution in [1.29, 1.82) is 0 Å². The van der Waals surface area contributed by atoms with E-state index in [1.807, 2.05) is 6.92 Å². The molecule has 1 aromatic heterocycles. The first kappa shape index (κ1) is 30.6. The van der Waals surface area contributed by atoms with E-state index < -0.39 is 5.97 Å². The molecule has 0 spiro atoms. The number of hydrogen-bond donors (Lipinski definition) is 0. The molecule has 0 aliphatic rings. The number of fused-ring (bicyclic) bond motifs is 1. The van der Waals surface area contributed by atoms with E-state index in [1.54, 1.807) is 86.0 Å². The third kappa shape index (κ3) is 6.42. The lowest BCUT2D eigenvalue weighted by atomic mass is 10.1. The van der Waals surface area contributed by atoms with Crippen molar-refractivity contribution in [2.24, 2.45) is 5.10 Å². The zero-order valence-corrected chi connectivity index (χ0v) is 25.4. The zero-order chi connectivity index (χ0) is 31.9. The Kier molecular flexibility index (Phi) is 9.28. The number of nitrogens with zero attached hydrogens (tertiary/aromatic N) is 3. The van der Waals surface area contributed by atoms with Crippen LogP contribution in [-0.4, -0.2) is 56.9 Å². The summed E-state index contributed by atoms with van der Waals surface area (Å²) in [7, 11) is 6.08. The van der Waals surface area contributed by atoms with Crippen molar-refractivity contribution in [2.45, 2.75) is 6.92 Å². The largest absolute Gasteiger partial charge is 0.497 e. The maximum absolute atomic E-state index is 13.7. The molecule has 11 nitrogen and oxygen atoms in total. The van der Waals surface area contributed by atoms with E-state index in [1.165, 1.54) is 32.2 Å². The predicted molar refractivity (Wildman–Crippen MR) is 170 cm³/mol. The van der Waals surface area contributed by atoms with Crippen LogP contribution in [0.5, 0.6) is 34.5 Å². The highest BCUT2D eigenvalue weighted by Crippen LogP contribution is 2.41. The molecule has 0 saturated carbocycles. The number of ether oxygens (including phenoxy) is 6. The van der Waals surface area contributed by atoms with Crippen molar-refractivity contribution in [1.82, 2.24) is 9.66 Å². The molecule has 5 rings (SSSR count). The van der Waals surface area contributed by atoms with E-state index in [4.69, 9.17) is 33.4 Å². The van der Waals surface area contributed by atoms with Crippen LogP contribution in [0.4, 0.5) is 0 Å². The number of rotatable bonds is 11. The molecule has 11 heteroatoms. The molecule has 45 heavy (non-hydrogen) atoms. The van der Waals surface area contributed by atoms with Gasteiger partial charge in [0, 0.05) is 5.56 Å². The minimum atomic E-state index is -0.552. The Morgan fingerprint density at radius 3 is 2.18 bits per heavy atom. The Bertz CT molecular complexity index is 1910. The number of para-hydroxylation sites is 1. The second kappa shape index (κ2) is 13.6. The Labute approximate surface area is 259 Å². The second-order valence-corrected chi connectivity index (χ2v) is 9.49. The van der Waals surface area contributed by atoms with Gasteiger partial charge in [0.2, 0.25) is 5.75 Å². The molecule has 0 atom stereocenters. The standard InChI is InChI=1S/C34H31N3O8/c1-6-44-28-17-21(11-16-27(28)45-34(39)22-12-14-24(40-2)15-13-22)20-35-37-32(36-26-10-8-7-9-25(26)33(37)38)23-18-29(41-3)31(43-5)30(19-23)42-4/h7-20H,6H2,1-5H3. The normalized spacial score (nSPS) is 11.0. The van der Waals surface area contributed by atoms with Gasteiger partial charge in [-0.3, -0.25) is 4.79 Å². The summed E-state index contributed by atoms with van der Waals surface area (Å²) in [4.78, 5) is 31.3. The third-order valence-corrected chi connectivity index (χ3v) is 6.79. The fourth-order valence-electron chi connectivity index (χ4n) is 4.60. The van der Waals surface area contributed by atoms with E-state index in [9.17, 15) is 9.59 Å². The average molecular weight is 610 g/mol. The van der Waals surface area contributed by atoms with E-state index >= 15 is 0 Å². The second-order valence-electron chi connectivity index (χ2n) is 9.49. The van der Waals surface area contributed by atoms with Crippen LogP contribution in [0.15, 0.2) is 88.8 Å². The van der Waals surface area contributed by atoms with Gasteiger partial charge in [-0.1, -0.05) is 12.1 Å². The summed E-state index contributed by atoms with van der Waals surface area (Å²) in [6, 6.07) is 22.0. The zero-order valence-electron chi connectivity index (χ0n) is 25.4. The summed E-state index contributed by atoms with van der Waals surface area (Å²) in [5.74, 6) is 2.08. The molecular weight excluding hydrogens is 578 g/mol. The van der Waals surface area contributed by atoms with Crippen molar-refractivity contribution in [2.75, 3.05) is 35.0 Å². The van der Waals surface area contributed by atoms with Crippen LogP contribution in [0, 0.1) is 0 Å². The number of carbonyl (C=O) groups excluding carboxylic acids is 1. The molecule has 0 amide bonds. The first-order chi connectivity index (χ1) is 21.9. The third-order valence-electron chi connectivity index (χ3n) is 6.79. The highest BCUT2D eigenvalue weighted by atomic mass is 16.6. The van der Waals surface area contributed by atoms with Gasteiger partial charge in [-0.2, -0.15) is 9.78 Å². The number of aromatic nitrogens is 2. The van der Waals surface area contributed by atoms with Gasteiger partial charge in [0.05, 0.1) is 57.7 Å². The first-order valence-electron chi connectivity index (χ1n) is 13.9. The van der Waals surface area contributed by atoms with Crippen LogP contribution < -0.4 is 34.0 Å². The summed E-state index contributed by atoms with van der Waals surface area (Å²) >= 11 is 0. The monoisotopic (exact) mass is 609 g/mol. The van der Waals surface area contributed by atoms with Gasteiger partial charge in [-0.25, -0.2) is 9.78 Å². The van der Waals surface area contributed by atoms with Crippen LogP contribution in [-0.2, 0) is 0 Å². The molecule has 0 N–H and O–H groups in total. The Morgan fingerprint density at radius 2 is 1.53 bits per heavy atom. The van der Waals surface area contributed by atoms with E-state index in [2.05, 4.69) is 5.10 Å². The lowest BCUT2D eigenvalue weighted by Gasteiger charge is -2.15. The molecule has 0 bridgehead atoms. The van der Waals surface area contributed by atoms with Gasteiger partial charge < -0.3 is 28.4 Å². The number of methoxy groups -OCH3 is 4. The molecule has 4 aromatic carbocycles. The molecule has 0 unspecified atom stereocenters. The van der Waals surface area contributed by atoms with Crippen molar-refractivity contribution >= 4 is 23.1 Å². The van der Waals surface area contributed by atoms with Gasteiger partial charge in [0.15, 0.2) is 28.8 Å². The lowest BCUT2D eigenvalue weighted by Crippen LogP contribution is -2.20. The summed E-state index contributed by atoms with van der Waals surface area (Å²) in [5, 5.41) is 4.93. The minimum Gasteiger partial charge on any atom is -0.497 e. The molecule has 0 aliphatic heterocycles. The Morgan fingerprint density at radius 1 is 0.822 bits per heavy atom. The summed E-state index contributed by atoms with van der Waals surface area (Å²) in [6.45, 7) is 2.15. The summed E-state index contributed by atoms with van der Waals surface area (Å²) in [6.07, 6.45) is 1.50. The average Bonchev–Trinajstić information content (AvgIpc) is 3.08. The smallest absolute Gasteiger partial charge is 0.343 e. The maximum Gasteiger partial charge on any atom is 0.343 e. The Balaban J connectivity index is 1.55. The quantitative estimate of drug-likeness (QED) is 0.107. The van der Waals surface area contributed by atoms with Gasteiger partial charge in [-0.15, -0.1) is 0 Å². The fraction of sp³-hybridized carbons (Fsp3) is 0.176. The predicted octanol–water partition coefficient (Wildman–Crippen LogP) is 5.60. The fourth-order valence-corrected chi connectivity index (χ4v) is 4.60. The van der Waals surface area contributed by atoms with Gasteiger partial charge in [-0.05, 0) is 79.2 Å². The molecule has 0 saturated heterocycles. The van der Waals surface area contributed by atoms with Crippen LogP contribution in [0.2, 0.25) is 0 Å². The number of carbonyl (C=O) groups is 1. The van der Waals surface area contributed by atoms with Crippen LogP contribution in [0.25, 0.3) is 22.3 Å². The van der Waals surface area contributed by atoms with Gasteiger partial charge >= 0.3 is 5.97 Å². The SMILES string of the molecule is CCOc1cc(C=Nn2c(-c3cc(OC)c(OC)c(OC)c3)nc3ccccc3c2=O)ccc1OC(=O)c1ccc(OC)cc1. The highest BCUT2D eigenvalue weighted by Gasteiger charge is 2.19. The molecule has 0 radical (unpaired) electrons. The number of esters is 1. The van der Waals surface area contributed by atoms with Gasteiger partial charge in [0.25, 0.3) is 5.56 Å². The van der Waals surface area contributed by atoms with E-state index in [0.717, 1.165) is 0 Å². The maximum atomic E-state index is 13.7. The van der Waals surface area contributed by atoms with Crippen LogP contribution in [0.3, 0.4) is 0 Å². The van der Waals surface area contributed by atoms with Crippen LogP contribution in [0.1, 0.15) is 22.8 Å². The molecule has 1 heterocycles. The number of hydrogen-bond acceptors (Lipinski definition) is 10. The molecule has 0 aliphatic carbocycles. The van der Waals surface area contributed by atoms with Crippen molar-refractivity contribution in [3.8, 4) is 45.9 Å². The summed E-state index contributed by atoms with van der Waals surface area (Å²) in [5.41, 5.74) is 1.57. The van der Waals surface area contributed by atoms with E-state index in [-0.39, 0.29) is 17.1 Å². The first-order valence-corrected chi connectivity index (χ1v) is 13.9. The Hall–Kier alpha value is -5.84. The molecule has 5 aromatic rings. The topological polar surface area (TPSA) is 120 Å². The summed E-state index contributed by atoms with van der Waals surface area (Å²) < 4.78 is 34.3. The van der Waals surface area contributed by atoms with Gasteiger partial charge in [0.1, 0.15) is 5.75 Å². The highest BCUT2D eigenvalue weighted by molar-refractivity contribution is 5.92. The van der Waals surface area contributed by atoms with Crippen molar-refractivity contribution in [3.05, 3.63) is 100 Å². The van der Waals surface area contributed by atoms with Crippen LogP contribution >= 0.6 is 0 Å². The van der Waals surface area contributed by atoms with Crippen molar-refractivity contribution < 1.29 is 33.2 Å². The minimum absolute atomic E-state index is 0.234. The molecular formula is C34H31N3O8.